The van der Waals surface area contributed by atoms with E-state index >= 15 is 0 Å². The maximum Gasteiger partial charge on any atom is 0.131 e. The highest BCUT2D eigenvalue weighted by Gasteiger charge is 2.23. The number of hydrogen-bond acceptors (Lipinski definition) is 2. The van der Waals surface area contributed by atoms with Crippen molar-refractivity contribution in [3.05, 3.63) is 35.7 Å². The maximum absolute atomic E-state index is 6.31. The first-order chi connectivity index (χ1) is 10.2. The number of nitrogens with zero attached hydrogens (tertiary/aromatic N) is 2. The molecule has 1 heterocycles. The maximum atomic E-state index is 6.31. The minimum absolute atomic E-state index is 0.578. The molecule has 112 valence electrons. The summed E-state index contributed by atoms with van der Waals surface area (Å²) < 4.78 is 2.10. The standard InChI is InChI=1S/C18H25N3/c1-3-13-9-11-14(12-10-13)16-17(19)21(2)18(20-16)15-7-5-4-6-8-15/h9-12,15H,3-8,19H2,1-2H3. The van der Waals surface area contributed by atoms with Crippen LogP contribution in [0.15, 0.2) is 24.3 Å². The quantitative estimate of drug-likeness (QED) is 0.913. The Morgan fingerprint density at radius 3 is 2.43 bits per heavy atom. The summed E-state index contributed by atoms with van der Waals surface area (Å²) in [5.41, 5.74) is 9.73. The first-order valence-corrected chi connectivity index (χ1v) is 8.12. The Morgan fingerprint density at radius 2 is 1.81 bits per heavy atom. The average Bonchev–Trinajstić information content (AvgIpc) is 2.84. The molecule has 1 saturated carbocycles. The summed E-state index contributed by atoms with van der Waals surface area (Å²) in [5, 5.41) is 0. The first-order valence-electron chi connectivity index (χ1n) is 8.12. The van der Waals surface area contributed by atoms with E-state index in [0.29, 0.717) is 5.92 Å². The Morgan fingerprint density at radius 1 is 1.14 bits per heavy atom. The SMILES string of the molecule is CCc1ccc(-c2nc(C3CCCCC3)n(C)c2N)cc1. The predicted molar refractivity (Wildman–Crippen MR) is 88.3 cm³/mol. The molecule has 0 spiro atoms. The van der Waals surface area contributed by atoms with Crippen molar-refractivity contribution in [1.82, 2.24) is 9.55 Å². The van der Waals surface area contributed by atoms with E-state index in [1.54, 1.807) is 0 Å². The molecule has 0 bridgehead atoms. The van der Waals surface area contributed by atoms with E-state index in [0.717, 1.165) is 23.5 Å². The fourth-order valence-corrected chi connectivity index (χ4v) is 3.37. The van der Waals surface area contributed by atoms with Crippen molar-refractivity contribution in [2.75, 3.05) is 5.73 Å². The van der Waals surface area contributed by atoms with Crippen molar-refractivity contribution in [3.8, 4) is 11.3 Å². The van der Waals surface area contributed by atoms with Gasteiger partial charge in [-0.3, -0.25) is 0 Å². The molecule has 1 fully saturated rings. The van der Waals surface area contributed by atoms with Gasteiger partial charge in [0.05, 0.1) is 0 Å². The molecule has 3 rings (SSSR count). The highest BCUT2D eigenvalue weighted by molar-refractivity contribution is 5.71. The molecular formula is C18H25N3. The molecule has 21 heavy (non-hydrogen) atoms. The molecule has 3 nitrogen and oxygen atoms in total. The molecule has 0 atom stereocenters. The van der Waals surface area contributed by atoms with Gasteiger partial charge in [0.15, 0.2) is 0 Å². The van der Waals surface area contributed by atoms with Crippen molar-refractivity contribution < 1.29 is 0 Å². The van der Waals surface area contributed by atoms with Crippen LogP contribution in [0, 0.1) is 0 Å². The lowest BCUT2D eigenvalue weighted by molar-refractivity contribution is 0.422. The van der Waals surface area contributed by atoms with Gasteiger partial charge in [-0.25, -0.2) is 4.98 Å². The highest BCUT2D eigenvalue weighted by Crippen LogP contribution is 2.35. The van der Waals surface area contributed by atoms with Gasteiger partial charge in [-0.15, -0.1) is 0 Å². The normalized spacial score (nSPS) is 16.3. The molecule has 0 amide bonds. The molecular weight excluding hydrogens is 258 g/mol. The summed E-state index contributed by atoms with van der Waals surface area (Å²) in [5.74, 6) is 2.54. The minimum atomic E-state index is 0.578. The number of nitrogen functional groups attached to an aromatic ring is 1. The Kier molecular flexibility index (Phi) is 4.00. The third-order valence-corrected chi connectivity index (χ3v) is 4.78. The summed E-state index contributed by atoms with van der Waals surface area (Å²) in [6.07, 6.45) is 7.56. The van der Waals surface area contributed by atoms with Gasteiger partial charge in [-0.1, -0.05) is 50.5 Å². The van der Waals surface area contributed by atoms with Crippen molar-refractivity contribution in [2.24, 2.45) is 7.05 Å². The van der Waals surface area contributed by atoms with E-state index in [2.05, 4.69) is 42.8 Å². The van der Waals surface area contributed by atoms with Crippen molar-refractivity contribution in [2.45, 2.75) is 51.4 Å². The molecule has 2 aromatic rings. The van der Waals surface area contributed by atoms with Gasteiger partial charge in [0.2, 0.25) is 0 Å². The van der Waals surface area contributed by atoms with Crippen LogP contribution >= 0.6 is 0 Å². The monoisotopic (exact) mass is 283 g/mol. The topological polar surface area (TPSA) is 43.8 Å². The molecule has 0 radical (unpaired) electrons. The van der Waals surface area contributed by atoms with Gasteiger partial charge in [0, 0.05) is 18.5 Å². The predicted octanol–water partition coefficient (Wildman–Crippen LogP) is 4.28. The summed E-state index contributed by atoms with van der Waals surface area (Å²) in [6, 6.07) is 8.62. The average molecular weight is 283 g/mol. The molecule has 3 heteroatoms. The lowest BCUT2D eigenvalue weighted by Crippen LogP contribution is -2.11. The van der Waals surface area contributed by atoms with E-state index in [9.17, 15) is 0 Å². The van der Waals surface area contributed by atoms with Crippen molar-refractivity contribution >= 4 is 5.82 Å². The second kappa shape index (κ2) is 5.92. The summed E-state index contributed by atoms with van der Waals surface area (Å²) >= 11 is 0. The van der Waals surface area contributed by atoms with E-state index in [-0.39, 0.29) is 0 Å². The number of aryl methyl sites for hydroxylation is 1. The largest absolute Gasteiger partial charge is 0.383 e. The van der Waals surface area contributed by atoms with Crippen molar-refractivity contribution in [3.63, 3.8) is 0 Å². The van der Waals surface area contributed by atoms with E-state index in [4.69, 9.17) is 10.7 Å². The van der Waals surface area contributed by atoms with Crippen LogP contribution in [-0.4, -0.2) is 9.55 Å². The lowest BCUT2D eigenvalue weighted by atomic mass is 9.89. The van der Waals surface area contributed by atoms with Crippen molar-refractivity contribution in [1.29, 1.82) is 0 Å². The molecule has 0 saturated heterocycles. The summed E-state index contributed by atoms with van der Waals surface area (Å²) in [7, 11) is 2.05. The van der Waals surface area contributed by atoms with E-state index < -0.39 is 0 Å². The van der Waals surface area contributed by atoms with Gasteiger partial charge in [0.1, 0.15) is 17.3 Å². The van der Waals surface area contributed by atoms with Crippen LogP contribution in [0.2, 0.25) is 0 Å². The van der Waals surface area contributed by atoms with Crippen LogP contribution in [-0.2, 0) is 13.5 Å². The Bertz CT molecular complexity index is 604. The van der Waals surface area contributed by atoms with Gasteiger partial charge in [-0.05, 0) is 24.8 Å². The lowest BCUT2D eigenvalue weighted by Gasteiger charge is -2.21. The molecule has 1 aromatic heterocycles. The van der Waals surface area contributed by atoms with Gasteiger partial charge in [0.25, 0.3) is 0 Å². The second-order valence-corrected chi connectivity index (χ2v) is 6.15. The molecule has 1 aliphatic rings. The summed E-state index contributed by atoms with van der Waals surface area (Å²) in [6.45, 7) is 2.17. The van der Waals surface area contributed by atoms with E-state index in [1.807, 2.05) is 0 Å². The summed E-state index contributed by atoms with van der Waals surface area (Å²) in [4.78, 5) is 4.90. The smallest absolute Gasteiger partial charge is 0.131 e. The molecule has 2 N–H and O–H groups in total. The number of rotatable bonds is 3. The first kappa shape index (κ1) is 14.2. The number of imidazole rings is 1. The molecule has 0 aliphatic heterocycles. The van der Waals surface area contributed by atoms with Gasteiger partial charge >= 0.3 is 0 Å². The van der Waals surface area contributed by atoms with Crippen LogP contribution in [0.3, 0.4) is 0 Å². The fraction of sp³-hybridized carbons (Fsp3) is 0.500. The third kappa shape index (κ3) is 2.69. The Balaban J connectivity index is 1.95. The number of anilines is 1. The molecule has 1 aliphatic carbocycles. The zero-order valence-corrected chi connectivity index (χ0v) is 13.1. The zero-order chi connectivity index (χ0) is 14.8. The Hall–Kier alpha value is -1.77. The van der Waals surface area contributed by atoms with Crippen LogP contribution in [0.25, 0.3) is 11.3 Å². The third-order valence-electron chi connectivity index (χ3n) is 4.78. The second-order valence-electron chi connectivity index (χ2n) is 6.15. The highest BCUT2D eigenvalue weighted by atomic mass is 15.1. The fourth-order valence-electron chi connectivity index (χ4n) is 3.37. The number of nitrogens with two attached hydrogens (primary N) is 1. The number of aromatic nitrogens is 2. The van der Waals surface area contributed by atoms with Crippen LogP contribution < -0.4 is 5.73 Å². The van der Waals surface area contributed by atoms with Crippen LogP contribution in [0.4, 0.5) is 5.82 Å². The van der Waals surface area contributed by atoms with Crippen LogP contribution in [0.5, 0.6) is 0 Å². The number of benzene rings is 1. The number of hydrogen-bond donors (Lipinski definition) is 1. The Labute approximate surface area is 127 Å². The minimum Gasteiger partial charge on any atom is -0.383 e. The molecule has 1 aromatic carbocycles. The zero-order valence-electron chi connectivity index (χ0n) is 13.1. The van der Waals surface area contributed by atoms with Gasteiger partial charge < -0.3 is 10.3 Å². The molecule has 0 unspecified atom stereocenters. The van der Waals surface area contributed by atoms with Crippen LogP contribution in [0.1, 0.15) is 56.3 Å². The van der Waals surface area contributed by atoms with E-state index in [1.165, 1.54) is 43.5 Å². The van der Waals surface area contributed by atoms with Gasteiger partial charge in [-0.2, -0.15) is 0 Å².